The summed E-state index contributed by atoms with van der Waals surface area (Å²) in [4.78, 5) is 35.3. The van der Waals surface area contributed by atoms with Gasteiger partial charge in [0.2, 0.25) is 5.91 Å². The quantitative estimate of drug-likeness (QED) is 0.196. The first-order valence-electron chi connectivity index (χ1n) is 13.6. The third kappa shape index (κ3) is 8.32. The van der Waals surface area contributed by atoms with Crippen LogP contribution in [0.3, 0.4) is 0 Å². The molecule has 0 aliphatic heterocycles. The lowest BCUT2D eigenvalue weighted by Gasteiger charge is -2.32. The summed E-state index contributed by atoms with van der Waals surface area (Å²) in [5.74, 6) is -0.639. The van der Waals surface area contributed by atoms with Crippen molar-refractivity contribution in [2.45, 2.75) is 83.8 Å². The number of carboxylic acids is 1. The number of nitrogens with one attached hydrogen (secondary N) is 1. The van der Waals surface area contributed by atoms with Crippen LogP contribution in [0.4, 0.5) is 0 Å². The minimum atomic E-state index is -1.02. The van der Waals surface area contributed by atoms with E-state index in [1.807, 2.05) is 19.1 Å². The zero-order valence-corrected chi connectivity index (χ0v) is 22.0. The summed E-state index contributed by atoms with van der Waals surface area (Å²) in [6, 6.07) is 5.76. The summed E-state index contributed by atoms with van der Waals surface area (Å²) in [7, 11) is 0. The summed E-state index contributed by atoms with van der Waals surface area (Å²) < 4.78 is 11.5. The van der Waals surface area contributed by atoms with E-state index in [1.54, 1.807) is 0 Å². The van der Waals surface area contributed by atoms with Crippen molar-refractivity contribution in [1.82, 2.24) is 5.32 Å². The molecule has 3 rings (SSSR count). The van der Waals surface area contributed by atoms with Gasteiger partial charge >= 0.3 is 11.9 Å². The van der Waals surface area contributed by atoms with Gasteiger partial charge in [0.05, 0.1) is 6.10 Å². The highest BCUT2D eigenvalue weighted by Gasteiger charge is 2.47. The number of aliphatic carboxylic acids is 1. The summed E-state index contributed by atoms with van der Waals surface area (Å²) in [5.41, 5.74) is 2.17. The third-order valence-electron chi connectivity index (χ3n) is 7.63. The van der Waals surface area contributed by atoms with E-state index in [0.29, 0.717) is 25.1 Å². The second kappa shape index (κ2) is 14.2. The van der Waals surface area contributed by atoms with Crippen molar-refractivity contribution in [3.8, 4) is 5.75 Å². The molecule has 204 valence electrons. The number of aliphatic hydroxyl groups excluding tert-OH is 1. The van der Waals surface area contributed by atoms with Gasteiger partial charge in [0.25, 0.3) is 0 Å². The molecular weight excluding hydrogens is 474 g/mol. The maximum absolute atomic E-state index is 12.6. The van der Waals surface area contributed by atoms with Gasteiger partial charge in [0.15, 0.2) is 6.61 Å². The second-order valence-corrected chi connectivity index (χ2v) is 10.2. The lowest BCUT2D eigenvalue weighted by molar-refractivity contribution is -0.145. The molecule has 3 N–H and O–H groups in total. The summed E-state index contributed by atoms with van der Waals surface area (Å²) >= 11 is 0. The topological polar surface area (TPSA) is 122 Å². The normalized spacial score (nSPS) is 23.2. The first kappa shape index (κ1) is 28.7. The van der Waals surface area contributed by atoms with Crippen molar-refractivity contribution in [2.24, 2.45) is 17.8 Å². The number of unbranched alkanes of at least 4 members (excludes halogenated alkanes) is 2. The molecule has 37 heavy (non-hydrogen) atoms. The van der Waals surface area contributed by atoms with E-state index in [0.717, 1.165) is 56.1 Å². The molecule has 8 heteroatoms. The smallest absolute Gasteiger partial charge is 0.341 e. The molecule has 0 radical (unpaired) electrons. The van der Waals surface area contributed by atoms with Gasteiger partial charge in [0, 0.05) is 18.7 Å². The van der Waals surface area contributed by atoms with E-state index in [1.165, 1.54) is 12.2 Å². The van der Waals surface area contributed by atoms with Crippen LogP contribution < -0.4 is 10.1 Å². The molecule has 0 spiro atoms. The first-order chi connectivity index (χ1) is 17.8. The predicted octanol–water partition coefficient (Wildman–Crippen LogP) is 3.83. The van der Waals surface area contributed by atoms with Crippen LogP contribution in [0.2, 0.25) is 0 Å². The standard InChI is InChI=1S/C29H41NO7/c1-3-5-6-9-21(31)11-12-22-23-15-19-8-7-10-25(36-18-28(33)34)24(19)16-20(23)17-26(22)37-29(35)14-13-27(32)30-4-2/h7-8,10,13-14,20-23,26,31H,3-6,9,11-12,15-18H2,1-2H3,(H,30,32)(H,33,34)/b14-13+/t20-,21-,22+,23-,26+/m0/s1. The molecule has 0 saturated heterocycles. The van der Waals surface area contributed by atoms with Crippen LogP contribution >= 0.6 is 0 Å². The number of amides is 1. The van der Waals surface area contributed by atoms with Crippen molar-refractivity contribution in [3.05, 3.63) is 41.5 Å². The van der Waals surface area contributed by atoms with Crippen molar-refractivity contribution < 1.29 is 34.1 Å². The minimum absolute atomic E-state index is 0.101. The Balaban J connectivity index is 1.73. The Morgan fingerprint density at radius 3 is 2.68 bits per heavy atom. The Kier molecular flexibility index (Phi) is 11.0. The fourth-order valence-corrected chi connectivity index (χ4v) is 5.91. The highest BCUT2D eigenvalue weighted by Crippen LogP contribution is 2.49. The second-order valence-electron chi connectivity index (χ2n) is 10.2. The molecule has 0 heterocycles. The van der Waals surface area contributed by atoms with Crippen molar-refractivity contribution in [1.29, 1.82) is 0 Å². The third-order valence-corrected chi connectivity index (χ3v) is 7.63. The Morgan fingerprint density at radius 2 is 1.95 bits per heavy atom. The maximum Gasteiger partial charge on any atom is 0.341 e. The number of benzene rings is 1. The van der Waals surface area contributed by atoms with Gasteiger partial charge in [0.1, 0.15) is 11.9 Å². The largest absolute Gasteiger partial charge is 0.482 e. The molecule has 1 fully saturated rings. The van der Waals surface area contributed by atoms with E-state index in [2.05, 4.69) is 18.3 Å². The highest BCUT2D eigenvalue weighted by atomic mass is 16.5. The summed E-state index contributed by atoms with van der Waals surface area (Å²) in [6.07, 6.45) is 9.33. The molecule has 1 aromatic carbocycles. The SMILES string of the molecule is CCCCC[C@H](O)CC[C@@H]1[C@H]2Cc3cccc(OCC(=O)O)c3C[C@H]2C[C@H]1OC(=O)/C=C/C(=O)NCC. The predicted molar refractivity (Wildman–Crippen MR) is 139 cm³/mol. The van der Waals surface area contributed by atoms with E-state index < -0.39 is 11.9 Å². The lowest BCUT2D eigenvalue weighted by atomic mass is 9.73. The molecule has 1 amide bonds. The van der Waals surface area contributed by atoms with Crippen LogP contribution in [0, 0.1) is 17.8 Å². The lowest BCUT2D eigenvalue weighted by Crippen LogP contribution is -2.29. The molecule has 2 aliphatic rings. The Morgan fingerprint density at radius 1 is 1.14 bits per heavy atom. The fraction of sp³-hybridized carbons (Fsp3) is 0.621. The van der Waals surface area contributed by atoms with E-state index in [9.17, 15) is 19.5 Å². The average molecular weight is 516 g/mol. The Bertz CT molecular complexity index is 960. The molecule has 0 aromatic heterocycles. The average Bonchev–Trinajstić information content (AvgIpc) is 3.19. The van der Waals surface area contributed by atoms with Crippen molar-refractivity contribution in [3.63, 3.8) is 0 Å². The van der Waals surface area contributed by atoms with Gasteiger partial charge in [-0.1, -0.05) is 38.3 Å². The molecule has 8 nitrogen and oxygen atoms in total. The van der Waals surface area contributed by atoms with E-state index in [-0.39, 0.29) is 42.5 Å². The zero-order chi connectivity index (χ0) is 26.8. The number of carboxylic acid groups (broad SMARTS) is 1. The van der Waals surface area contributed by atoms with Gasteiger partial charge in [-0.05, 0) is 80.4 Å². The van der Waals surface area contributed by atoms with Crippen LogP contribution in [0.1, 0.15) is 69.9 Å². The number of aliphatic hydroxyl groups is 1. The Hall–Kier alpha value is -2.87. The molecular formula is C29H41NO7. The monoisotopic (exact) mass is 515 g/mol. The molecule has 2 aliphatic carbocycles. The molecule has 0 bridgehead atoms. The maximum atomic E-state index is 12.6. The summed E-state index contributed by atoms with van der Waals surface area (Å²) in [5, 5.41) is 22.2. The number of esters is 1. The fourth-order valence-electron chi connectivity index (χ4n) is 5.91. The molecule has 0 unspecified atom stereocenters. The van der Waals surface area contributed by atoms with E-state index >= 15 is 0 Å². The molecule has 5 atom stereocenters. The zero-order valence-electron chi connectivity index (χ0n) is 22.0. The number of fused-ring (bicyclic) bond motifs is 2. The highest BCUT2D eigenvalue weighted by molar-refractivity contribution is 5.94. The number of hydrogen-bond acceptors (Lipinski definition) is 6. The number of ether oxygens (including phenoxy) is 2. The van der Waals surface area contributed by atoms with Crippen LogP contribution in [0.25, 0.3) is 0 Å². The van der Waals surface area contributed by atoms with Gasteiger partial charge in [-0.2, -0.15) is 0 Å². The van der Waals surface area contributed by atoms with Crippen molar-refractivity contribution in [2.75, 3.05) is 13.2 Å². The Labute approximate surface area is 219 Å². The molecule has 1 saturated carbocycles. The molecule has 1 aromatic rings. The number of carbonyl (C=O) groups is 3. The summed E-state index contributed by atoms with van der Waals surface area (Å²) in [6.45, 7) is 4.04. The van der Waals surface area contributed by atoms with Crippen LogP contribution in [0.5, 0.6) is 5.75 Å². The van der Waals surface area contributed by atoms with Gasteiger partial charge in [-0.25, -0.2) is 9.59 Å². The van der Waals surface area contributed by atoms with Crippen LogP contribution in [-0.2, 0) is 32.0 Å². The number of hydrogen-bond donors (Lipinski definition) is 3. The number of likely N-dealkylation sites (N-methyl/N-ethyl adjacent to an activating group) is 1. The number of rotatable bonds is 14. The number of carbonyl (C=O) groups excluding carboxylic acids is 2. The van der Waals surface area contributed by atoms with Crippen molar-refractivity contribution >= 4 is 17.8 Å². The van der Waals surface area contributed by atoms with Gasteiger partial charge < -0.3 is 25.0 Å². The minimum Gasteiger partial charge on any atom is -0.482 e. The first-order valence-corrected chi connectivity index (χ1v) is 13.6. The van der Waals surface area contributed by atoms with Crippen LogP contribution in [-0.4, -0.2) is 53.4 Å². The van der Waals surface area contributed by atoms with Crippen LogP contribution in [0.15, 0.2) is 30.4 Å². The van der Waals surface area contributed by atoms with Gasteiger partial charge in [-0.3, -0.25) is 4.79 Å². The van der Waals surface area contributed by atoms with E-state index in [4.69, 9.17) is 14.6 Å². The van der Waals surface area contributed by atoms with Gasteiger partial charge in [-0.15, -0.1) is 0 Å².